The quantitative estimate of drug-likeness (QED) is 0.430. The molecule has 8 heteroatoms. The average Bonchev–Trinajstić information content (AvgIpc) is 3.40. The molecule has 2 heterocycles. The van der Waals surface area contributed by atoms with E-state index in [1.54, 1.807) is 11.8 Å². The molecule has 1 aromatic heterocycles. The minimum Gasteiger partial charge on any atom is -0.348 e. The third-order valence-electron chi connectivity index (χ3n) is 5.66. The van der Waals surface area contributed by atoms with Crippen molar-refractivity contribution in [2.75, 3.05) is 6.54 Å². The van der Waals surface area contributed by atoms with E-state index in [1.807, 2.05) is 61.5 Å². The van der Waals surface area contributed by atoms with Crippen LogP contribution in [0.25, 0.3) is 17.5 Å². The molecule has 7 nitrogen and oxygen atoms in total. The molecule has 1 aliphatic rings. The SMILES string of the molecule is C/C(=C\c1ccc(-c2nc(Cc3cccc(Cl)c3)no2)cc1)C(=O)N[C@@H]1C[C@@H](C)N(C#N)C1. The molecule has 0 spiro atoms. The monoisotopic (exact) mass is 461 g/mol. The maximum absolute atomic E-state index is 12.5. The fourth-order valence-electron chi connectivity index (χ4n) is 3.88. The Morgan fingerprint density at radius 1 is 1.33 bits per heavy atom. The molecule has 0 unspecified atom stereocenters. The zero-order chi connectivity index (χ0) is 23.4. The van der Waals surface area contributed by atoms with E-state index >= 15 is 0 Å². The van der Waals surface area contributed by atoms with Crippen LogP contribution < -0.4 is 5.32 Å². The van der Waals surface area contributed by atoms with Crippen LogP contribution in [0.15, 0.2) is 58.6 Å². The Morgan fingerprint density at radius 2 is 2.12 bits per heavy atom. The molecule has 0 aliphatic carbocycles. The van der Waals surface area contributed by atoms with Crippen molar-refractivity contribution in [2.24, 2.45) is 0 Å². The number of rotatable bonds is 6. The van der Waals surface area contributed by atoms with Crippen LogP contribution in [0, 0.1) is 11.5 Å². The molecule has 1 saturated heterocycles. The van der Waals surface area contributed by atoms with E-state index in [-0.39, 0.29) is 18.0 Å². The summed E-state index contributed by atoms with van der Waals surface area (Å²) in [5.41, 5.74) is 3.31. The molecule has 2 aromatic carbocycles. The highest BCUT2D eigenvalue weighted by molar-refractivity contribution is 6.30. The Bertz CT molecular complexity index is 1210. The lowest BCUT2D eigenvalue weighted by atomic mass is 10.1. The maximum atomic E-state index is 12.5. The summed E-state index contributed by atoms with van der Waals surface area (Å²) in [6.07, 6.45) is 5.30. The number of aromatic nitrogens is 2. The van der Waals surface area contributed by atoms with Gasteiger partial charge in [-0.05, 0) is 61.7 Å². The van der Waals surface area contributed by atoms with Crippen LogP contribution in [-0.2, 0) is 11.2 Å². The van der Waals surface area contributed by atoms with Gasteiger partial charge in [0.2, 0.25) is 5.91 Å². The van der Waals surface area contributed by atoms with Crippen LogP contribution >= 0.6 is 11.6 Å². The zero-order valence-corrected chi connectivity index (χ0v) is 19.2. The van der Waals surface area contributed by atoms with Gasteiger partial charge in [0.25, 0.3) is 5.89 Å². The summed E-state index contributed by atoms with van der Waals surface area (Å²) < 4.78 is 5.41. The number of benzene rings is 2. The fraction of sp³-hybridized carbons (Fsp3) is 0.280. The normalized spacial score (nSPS) is 18.2. The molecule has 0 bridgehead atoms. The number of carbonyl (C=O) groups excluding carboxylic acids is 1. The average molecular weight is 462 g/mol. The molecule has 1 N–H and O–H groups in total. The first kappa shape index (κ1) is 22.6. The molecule has 1 amide bonds. The number of nitriles is 1. The van der Waals surface area contributed by atoms with Crippen molar-refractivity contribution in [2.45, 2.75) is 38.8 Å². The largest absolute Gasteiger partial charge is 0.348 e. The van der Waals surface area contributed by atoms with Gasteiger partial charge in [-0.25, -0.2) is 0 Å². The number of hydrogen-bond donors (Lipinski definition) is 1. The van der Waals surface area contributed by atoms with Crippen molar-refractivity contribution in [3.63, 3.8) is 0 Å². The summed E-state index contributed by atoms with van der Waals surface area (Å²) in [6, 6.07) is 15.3. The minimum absolute atomic E-state index is 0.0171. The Balaban J connectivity index is 1.38. The highest BCUT2D eigenvalue weighted by Crippen LogP contribution is 2.21. The van der Waals surface area contributed by atoms with Gasteiger partial charge < -0.3 is 14.7 Å². The fourth-order valence-corrected chi connectivity index (χ4v) is 4.10. The molecule has 2 atom stereocenters. The number of likely N-dealkylation sites (tertiary alicyclic amines) is 1. The first-order valence-corrected chi connectivity index (χ1v) is 11.1. The van der Waals surface area contributed by atoms with Gasteiger partial charge in [0, 0.05) is 41.2 Å². The zero-order valence-electron chi connectivity index (χ0n) is 18.5. The summed E-state index contributed by atoms with van der Waals surface area (Å²) in [6.45, 7) is 4.32. The summed E-state index contributed by atoms with van der Waals surface area (Å²) in [7, 11) is 0. The van der Waals surface area contributed by atoms with Gasteiger partial charge in [0.1, 0.15) is 0 Å². The molecule has 0 radical (unpaired) electrons. The predicted octanol–water partition coefficient (Wildman–Crippen LogP) is 4.44. The van der Waals surface area contributed by atoms with Crippen molar-refractivity contribution >= 4 is 23.6 Å². The first-order chi connectivity index (χ1) is 15.9. The second-order valence-corrected chi connectivity index (χ2v) is 8.72. The van der Waals surface area contributed by atoms with E-state index in [4.69, 9.17) is 21.4 Å². The Hall–Kier alpha value is -3.63. The Kier molecular flexibility index (Phi) is 6.76. The number of nitrogens with zero attached hydrogens (tertiary/aromatic N) is 4. The third kappa shape index (κ3) is 5.60. The van der Waals surface area contributed by atoms with Crippen molar-refractivity contribution in [1.29, 1.82) is 5.26 Å². The van der Waals surface area contributed by atoms with Crippen LogP contribution in [0.5, 0.6) is 0 Å². The van der Waals surface area contributed by atoms with E-state index in [0.29, 0.717) is 35.3 Å². The third-order valence-corrected chi connectivity index (χ3v) is 5.89. The van der Waals surface area contributed by atoms with Gasteiger partial charge in [0.05, 0.1) is 0 Å². The van der Waals surface area contributed by atoms with Crippen molar-refractivity contribution in [3.05, 3.63) is 76.1 Å². The molecule has 33 heavy (non-hydrogen) atoms. The van der Waals surface area contributed by atoms with E-state index in [9.17, 15) is 4.79 Å². The first-order valence-electron chi connectivity index (χ1n) is 10.7. The number of amides is 1. The molecule has 3 aromatic rings. The summed E-state index contributed by atoms with van der Waals surface area (Å²) in [5, 5.41) is 16.9. The van der Waals surface area contributed by atoms with Crippen LogP contribution in [0.4, 0.5) is 0 Å². The minimum atomic E-state index is -0.126. The standard InChI is InChI=1S/C25H24ClN5O2/c1-16(24(32)28-22-11-17(2)31(14-22)15-27)10-18-6-8-20(9-7-18)25-29-23(30-33-25)13-19-4-3-5-21(26)12-19/h3-10,12,17,22H,11,13-14H2,1-2H3,(H,28,32)/b16-10+/t17-,22-/m1/s1. The van der Waals surface area contributed by atoms with Crippen molar-refractivity contribution < 1.29 is 9.32 Å². The molecule has 168 valence electrons. The number of carbonyl (C=O) groups is 1. The van der Waals surface area contributed by atoms with E-state index in [1.165, 1.54) is 0 Å². The van der Waals surface area contributed by atoms with Gasteiger partial charge in [-0.1, -0.05) is 41.0 Å². The van der Waals surface area contributed by atoms with E-state index in [2.05, 4.69) is 21.7 Å². The summed E-state index contributed by atoms with van der Waals surface area (Å²) in [5.74, 6) is 0.896. The van der Waals surface area contributed by atoms with Crippen molar-refractivity contribution in [3.8, 4) is 17.6 Å². The number of hydrogen-bond acceptors (Lipinski definition) is 6. The molecule has 4 rings (SSSR count). The molecular formula is C25H24ClN5O2. The highest BCUT2D eigenvalue weighted by atomic mass is 35.5. The number of halogens is 1. The lowest BCUT2D eigenvalue weighted by Gasteiger charge is -2.12. The van der Waals surface area contributed by atoms with Crippen LogP contribution in [0.3, 0.4) is 0 Å². The van der Waals surface area contributed by atoms with Gasteiger partial charge in [0.15, 0.2) is 12.0 Å². The van der Waals surface area contributed by atoms with Gasteiger partial charge in [-0.15, -0.1) is 0 Å². The Morgan fingerprint density at radius 3 is 2.82 bits per heavy atom. The summed E-state index contributed by atoms with van der Waals surface area (Å²) in [4.78, 5) is 18.7. The predicted molar refractivity (Wildman–Crippen MR) is 126 cm³/mol. The lowest BCUT2D eigenvalue weighted by Crippen LogP contribution is -2.36. The topological polar surface area (TPSA) is 95.0 Å². The van der Waals surface area contributed by atoms with Crippen LogP contribution in [-0.4, -0.2) is 39.6 Å². The van der Waals surface area contributed by atoms with Gasteiger partial charge >= 0.3 is 0 Å². The Labute approximate surface area is 197 Å². The highest BCUT2D eigenvalue weighted by Gasteiger charge is 2.29. The van der Waals surface area contributed by atoms with E-state index < -0.39 is 0 Å². The second-order valence-electron chi connectivity index (χ2n) is 8.28. The van der Waals surface area contributed by atoms with Crippen LogP contribution in [0.1, 0.15) is 37.2 Å². The maximum Gasteiger partial charge on any atom is 0.257 e. The van der Waals surface area contributed by atoms with Crippen molar-refractivity contribution in [1.82, 2.24) is 20.4 Å². The summed E-state index contributed by atoms with van der Waals surface area (Å²) >= 11 is 6.03. The van der Waals surface area contributed by atoms with Gasteiger partial charge in [-0.3, -0.25) is 4.79 Å². The molecule has 1 aliphatic heterocycles. The van der Waals surface area contributed by atoms with Gasteiger partial charge in [-0.2, -0.15) is 10.2 Å². The molecule has 1 fully saturated rings. The number of nitrogens with one attached hydrogen (secondary N) is 1. The molecular weight excluding hydrogens is 438 g/mol. The molecule has 0 saturated carbocycles. The second kappa shape index (κ2) is 9.88. The van der Waals surface area contributed by atoms with E-state index in [0.717, 1.165) is 23.1 Å². The lowest BCUT2D eigenvalue weighted by molar-refractivity contribution is -0.117. The smallest absolute Gasteiger partial charge is 0.257 e. The van der Waals surface area contributed by atoms with Crippen LogP contribution in [0.2, 0.25) is 5.02 Å².